The zero-order valence-corrected chi connectivity index (χ0v) is 43.7. The van der Waals surface area contributed by atoms with Gasteiger partial charge in [0.25, 0.3) is 0 Å². The summed E-state index contributed by atoms with van der Waals surface area (Å²) in [5, 5.41) is 15.4. The van der Waals surface area contributed by atoms with Gasteiger partial charge >= 0.3 is 0 Å². The second kappa shape index (κ2) is 17.8. The fourth-order valence-corrected chi connectivity index (χ4v) is 12.8. The highest BCUT2D eigenvalue weighted by Crippen LogP contribution is 2.51. The highest BCUT2D eigenvalue weighted by molar-refractivity contribution is 6.18. The van der Waals surface area contributed by atoms with Crippen molar-refractivity contribution in [1.29, 1.82) is 0 Å². The van der Waals surface area contributed by atoms with Gasteiger partial charge in [-0.25, -0.2) is 0 Å². The van der Waals surface area contributed by atoms with E-state index in [4.69, 9.17) is 13.3 Å². The third-order valence-corrected chi connectivity index (χ3v) is 16.5. The van der Waals surface area contributed by atoms with Crippen molar-refractivity contribution in [2.24, 2.45) is 0 Å². The molecule has 0 amide bonds. The Kier molecular flexibility index (Phi) is 9.94. The van der Waals surface area contributed by atoms with Gasteiger partial charge in [0.15, 0.2) is 11.2 Å². The number of benzene rings is 14. The molecule has 0 unspecified atom stereocenters. The first-order chi connectivity index (χ1) is 40.1. The topological polar surface area (TPSA) is 45.9 Å². The van der Waals surface area contributed by atoms with Crippen molar-refractivity contribution < 1.29 is 13.3 Å². The molecule has 5 nitrogen and oxygen atoms in total. The maximum atomic E-state index is 7.00. The van der Waals surface area contributed by atoms with E-state index in [0.29, 0.717) is 0 Å². The highest BCUT2D eigenvalue weighted by atomic mass is 16.3. The molecule has 378 valence electrons. The van der Waals surface area contributed by atoms with Crippen LogP contribution in [0, 0.1) is 0 Å². The maximum absolute atomic E-state index is 7.00. The molecule has 0 aliphatic heterocycles. The van der Waals surface area contributed by atoms with Gasteiger partial charge in [0, 0.05) is 65.6 Å². The van der Waals surface area contributed by atoms with E-state index in [1.165, 1.54) is 0 Å². The summed E-state index contributed by atoms with van der Waals surface area (Å²) in [5.41, 5.74) is 15.6. The van der Waals surface area contributed by atoms with E-state index in [-0.39, 0.29) is 0 Å². The molecule has 17 aromatic rings. The first kappa shape index (κ1) is 45.2. The Labute approximate surface area is 464 Å². The number of furan rings is 3. The zero-order valence-electron chi connectivity index (χ0n) is 43.7. The first-order valence-electron chi connectivity index (χ1n) is 27.5. The molecule has 5 heteroatoms. The van der Waals surface area contributed by atoms with E-state index in [9.17, 15) is 0 Å². The second-order valence-corrected chi connectivity index (χ2v) is 21.1. The summed E-state index contributed by atoms with van der Waals surface area (Å²) in [6.07, 6.45) is 0. The minimum atomic E-state index is 0.827. The van der Waals surface area contributed by atoms with Gasteiger partial charge in [-0.1, -0.05) is 206 Å². The largest absolute Gasteiger partial charge is 0.456 e. The molecule has 0 fully saturated rings. The molecule has 0 radical (unpaired) electrons. The van der Waals surface area contributed by atoms with E-state index in [1.807, 2.05) is 12.1 Å². The average Bonchev–Trinajstić information content (AvgIpc) is 4.32. The predicted molar refractivity (Wildman–Crippen MR) is 339 cm³/mol. The second-order valence-electron chi connectivity index (χ2n) is 21.1. The van der Waals surface area contributed by atoms with Crippen LogP contribution in [0.25, 0.3) is 131 Å². The monoisotopic (exact) mass is 1030 g/mol. The molecule has 0 aliphatic rings. The third-order valence-electron chi connectivity index (χ3n) is 16.5. The molecule has 81 heavy (non-hydrogen) atoms. The molecule has 0 saturated carbocycles. The van der Waals surface area contributed by atoms with Gasteiger partial charge in [-0.2, -0.15) is 0 Å². The zero-order chi connectivity index (χ0) is 53.1. The first-order valence-corrected chi connectivity index (χ1v) is 27.5. The number of fused-ring (bicyclic) bond motifs is 13. The summed E-state index contributed by atoms with van der Waals surface area (Å²) in [4.78, 5) is 4.81. The molecule has 14 aromatic carbocycles. The quantitative estimate of drug-likeness (QED) is 0.152. The van der Waals surface area contributed by atoms with Crippen LogP contribution in [0.15, 0.2) is 292 Å². The standard InChI is InChI=1S/C76H46N2O3/c1-3-17-47(18-4-1)59-39-35-49-21-7-9-23-57(49)73(59)77(67-29-15-27-63-61-25-11-13-31-69(61)80-75(63)67)55-37-33-51-43-65-66-44-52-34-38-56(42-54(52)46-72(66)79-71(65)45-53(51)41-55)78(68-30-16-28-64-62-26-12-14-32-70(62)81-76(64)68)74-58-24-10-8-22-50(58)36-40-60(74)48-19-5-2-6-20-48/h1-46H. The predicted octanol–water partition coefficient (Wildman–Crippen LogP) is 22.3. The molecular formula is C76H46N2O3. The van der Waals surface area contributed by atoms with Gasteiger partial charge in [0.05, 0.1) is 22.7 Å². The Bertz CT molecular complexity index is 5050. The van der Waals surface area contributed by atoms with Crippen LogP contribution in [0.1, 0.15) is 0 Å². The molecule has 0 bridgehead atoms. The van der Waals surface area contributed by atoms with E-state index in [2.05, 4.69) is 277 Å². The number of hydrogen-bond donors (Lipinski definition) is 0. The van der Waals surface area contributed by atoms with E-state index in [0.717, 1.165) is 165 Å². The van der Waals surface area contributed by atoms with Crippen molar-refractivity contribution in [2.75, 3.05) is 9.80 Å². The molecular weight excluding hydrogens is 989 g/mol. The summed E-state index contributed by atoms with van der Waals surface area (Å²) in [6, 6.07) is 100.0. The summed E-state index contributed by atoms with van der Waals surface area (Å²) in [5.74, 6) is 0. The Morgan fingerprint density at radius 2 is 0.617 bits per heavy atom. The summed E-state index contributed by atoms with van der Waals surface area (Å²) in [7, 11) is 0. The average molecular weight is 1040 g/mol. The minimum Gasteiger partial charge on any atom is -0.456 e. The lowest BCUT2D eigenvalue weighted by molar-refractivity contribution is 0.669. The minimum absolute atomic E-state index is 0.827. The fraction of sp³-hybridized carbons (Fsp3) is 0. The number of nitrogens with zero attached hydrogens (tertiary/aromatic N) is 2. The van der Waals surface area contributed by atoms with Crippen LogP contribution in [-0.4, -0.2) is 0 Å². The Morgan fingerprint density at radius 1 is 0.222 bits per heavy atom. The maximum Gasteiger partial charge on any atom is 0.159 e. The molecule has 3 heterocycles. The Balaban J connectivity index is 0.856. The number of para-hydroxylation sites is 4. The number of hydrogen-bond acceptors (Lipinski definition) is 5. The molecule has 0 aliphatic carbocycles. The van der Waals surface area contributed by atoms with Crippen molar-refractivity contribution in [3.8, 4) is 22.3 Å². The number of anilines is 6. The van der Waals surface area contributed by atoms with Crippen LogP contribution < -0.4 is 9.80 Å². The third kappa shape index (κ3) is 7.12. The van der Waals surface area contributed by atoms with E-state index >= 15 is 0 Å². The van der Waals surface area contributed by atoms with Crippen LogP contribution in [0.2, 0.25) is 0 Å². The van der Waals surface area contributed by atoms with Crippen LogP contribution in [0.5, 0.6) is 0 Å². The van der Waals surface area contributed by atoms with Crippen molar-refractivity contribution in [3.05, 3.63) is 279 Å². The Hall–Kier alpha value is -10.9. The lowest BCUT2D eigenvalue weighted by atomic mass is 9.96. The van der Waals surface area contributed by atoms with E-state index < -0.39 is 0 Å². The Morgan fingerprint density at radius 3 is 1.09 bits per heavy atom. The van der Waals surface area contributed by atoms with Crippen LogP contribution in [-0.2, 0) is 0 Å². The number of rotatable bonds is 8. The normalized spacial score (nSPS) is 12.0. The van der Waals surface area contributed by atoms with Crippen molar-refractivity contribution in [3.63, 3.8) is 0 Å². The van der Waals surface area contributed by atoms with E-state index in [1.54, 1.807) is 0 Å². The van der Waals surface area contributed by atoms with Crippen molar-refractivity contribution >= 4 is 143 Å². The van der Waals surface area contributed by atoms with Gasteiger partial charge < -0.3 is 23.1 Å². The van der Waals surface area contributed by atoms with Gasteiger partial charge in [-0.15, -0.1) is 0 Å². The molecule has 0 saturated heterocycles. The van der Waals surface area contributed by atoms with Crippen LogP contribution >= 0.6 is 0 Å². The highest BCUT2D eigenvalue weighted by Gasteiger charge is 2.27. The van der Waals surface area contributed by atoms with Crippen molar-refractivity contribution in [1.82, 2.24) is 0 Å². The summed E-state index contributed by atoms with van der Waals surface area (Å²) >= 11 is 0. The van der Waals surface area contributed by atoms with Gasteiger partial charge in [0.2, 0.25) is 0 Å². The summed E-state index contributed by atoms with van der Waals surface area (Å²) < 4.78 is 20.7. The molecule has 17 rings (SSSR count). The van der Waals surface area contributed by atoms with Gasteiger partial charge in [-0.3, -0.25) is 0 Å². The SMILES string of the molecule is c1ccc(-c2ccc3ccccc3c2N(c2ccc3cc4c(cc3c2)oc2cc3cc(N(c5c(-c6ccccc6)ccc6ccccc56)c5cccc6c5oc5ccccc56)ccc3cc24)c2cccc3c2oc2ccccc23)cc1. The lowest BCUT2D eigenvalue weighted by Crippen LogP contribution is -2.12. The van der Waals surface area contributed by atoms with Gasteiger partial charge in [0.1, 0.15) is 22.3 Å². The van der Waals surface area contributed by atoms with Gasteiger partial charge in [-0.05, 0) is 116 Å². The van der Waals surface area contributed by atoms with Crippen LogP contribution in [0.3, 0.4) is 0 Å². The summed E-state index contributed by atoms with van der Waals surface area (Å²) in [6.45, 7) is 0. The molecule has 0 N–H and O–H groups in total. The molecule has 3 aromatic heterocycles. The smallest absolute Gasteiger partial charge is 0.159 e. The molecule has 0 spiro atoms. The molecule has 0 atom stereocenters. The lowest BCUT2D eigenvalue weighted by Gasteiger charge is -2.29. The van der Waals surface area contributed by atoms with Crippen LogP contribution in [0.4, 0.5) is 34.1 Å². The fourth-order valence-electron chi connectivity index (χ4n) is 12.8. The van der Waals surface area contributed by atoms with Crippen molar-refractivity contribution in [2.45, 2.75) is 0 Å².